The van der Waals surface area contributed by atoms with E-state index in [0.29, 0.717) is 18.9 Å². The van der Waals surface area contributed by atoms with Crippen molar-refractivity contribution in [2.75, 3.05) is 26.2 Å². The lowest BCUT2D eigenvalue weighted by molar-refractivity contribution is -0.120. The molecule has 2 rings (SSSR count). The summed E-state index contributed by atoms with van der Waals surface area (Å²) in [5, 5.41) is 6.30. The van der Waals surface area contributed by atoms with Crippen molar-refractivity contribution >= 4 is 5.91 Å². The van der Waals surface area contributed by atoms with Gasteiger partial charge in [-0.25, -0.2) is 0 Å². The second kappa shape index (κ2) is 7.14. The Kier molecular flexibility index (Phi) is 5.21. The Hall–Kier alpha value is -1.55. The molecule has 0 spiro atoms. The van der Waals surface area contributed by atoms with E-state index in [4.69, 9.17) is 4.74 Å². The van der Waals surface area contributed by atoms with Crippen molar-refractivity contribution in [3.05, 3.63) is 29.8 Å². The molecule has 1 aromatic rings. The van der Waals surface area contributed by atoms with Gasteiger partial charge in [0.05, 0.1) is 13.0 Å². The van der Waals surface area contributed by atoms with Crippen LogP contribution >= 0.6 is 0 Å². The quantitative estimate of drug-likeness (QED) is 0.813. The van der Waals surface area contributed by atoms with Crippen molar-refractivity contribution in [1.82, 2.24) is 10.6 Å². The topological polar surface area (TPSA) is 50.4 Å². The van der Waals surface area contributed by atoms with Crippen LogP contribution in [0.4, 0.5) is 0 Å². The molecule has 4 nitrogen and oxygen atoms in total. The average Bonchev–Trinajstić information content (AvgIpc) is 2.92. The number of rotatable bonds is 6. The summed E-state index contributed by atoms with van der Waals surface area (Å²) in [5.41, 5.74) is 1.02. The van der Waals surface area contributed by atoms with Crippen LogP contribution in [0.3, 0.4) is 0 Å². The number of carbonyl (C=O) groups is 1. The third-order valence-corrected chi connectivity index (χ3v) is 3.35. The van der Waals surface area contributed by atoms with Gasteiger partial charge in [0.15, 0.2) is 0 Å². The average molecular weight is 262 g/mol. The number of benzene rings is 1. The SMILES string of the molecule is CCOc1ccc(CC(=O)NCC2CCNC2)cc1. The molecule has 1 aliphatic rings. The molecule has 1 fully saturated rings. The molecule has 19 heavy (non-hydrogen) atoms. The number of amides is 1. The highest BCUT2D eigenvalue weighted by atomic mass is 16.5. The Morgan fingerprint density at radius 2 is 2.21 bits per heavy atom. The van der Waals surface area contributed by atoms with Crippen LogP contribution in [-0.2, 0) is 11.2 Å². The Balaban J connectivity index is 1.74. The van der Waals surface area contributed by atoms with E-state index in [1.807, 2.05) is 31.2 Å². The summed E-state index contributed by atoms with van der Waals surface area (Å²) >= 11 is 0. The van der Waals surface area contributed by atoms with E-state index in [9.17, 15) is 4.79 Å². The lowest BCUT2D eigenvalue weighted by Gasteiger charge is -2.10. The van der Waals surface area contributed by atoms with Crippen LogP contribution in [0.2, 0.25) is 0 Å². The molecule has 0 radical (unpaired) electrons. The van der Waals surface area contributed by atoms with Crippen LogP contribution in [0, 0.1) is 5.92 Å². The van der Waals surface area contributed by atoms with Crippen molar-refractivity contribution in [2.24, 2.45) is 5.92 Å². The van der Waals surface area contributed by atoms with Crippen molar-refractivity contribution in [3.63, 3.8) is 0 Å². The molecule has 1 heterocycles. The maximum atomic E-state index is 11.8. The smallest absolute Gasteiger partial charge is 0.224 e. The molecule has 2 N–H and O–H groups in total. The third-order valence-electron chi connectivity index (χ3n) is 3.35. The fraction of sp³-hybridized carbons (Fsp3) is 0.533. The minimum atomic E-state index is 0.0936. The molecular weight excluding hydrogens is 240 g/mol. The third kappa shape index (κ3) is 4.56. The van der Waals surface area contributed by atoms with Crippen LogP contribution in [0.15, 0.2) is 24.3 Å². The molecule has 0 aromatic heterocycles. The first kappa shape index (κ1) is 13.9. The van der Waals surface area contributed by atoms with E-state index in [0.717, 1.165) is 37.4 Å². The fourth-order valence-electron chi connectivity index (χ4n) is 2.26. The molecule has 1 aliphatic heterocycles. The largest absolute Gasteiger partial charge is 0.494 e. The molecular formula is C15H22N2O2. The predicted molar refractivity (Wildman–Crippen MR) is 75.3 cm³/mol. The Labute approximate surface area is 114 Å². The molecule has 1 saturated heterocycles. The van der Waals surface area contributed by atoms with Crippen molar-refractivity contribution in [2.45, 2.75) is 19.8 Å². The Morgan fingerprint density at radius 3 is 2.84 bits per heavy atom. The first-order chi connectivity index (χ1) is 9.28. The fourth-order valence-corrected chi connectivity index (χ4v) is 2.26. The highest BCUT2D eigenvalue weighted by Gasteiger charge is 2.15. The van der Waals surface area contributed by atoms with Gasteiger partial charge in [0, 0.05) is 6.54 Å². The van der Waals surface area contributed by atoms with E-state index in [2.05, 4.69) is 10.6 Å². The summed E-state index contributed by atoms with van der Waals surface area (Å²) in [7, 11) is 0. The molecule has 4 heteroatoms. The number of ether oxygens (including phenoxy) is 1. The van der Waals surface area contributed by atoms with Crippen LogP contribution in [0.5, 0.6) is 5.75 Å². The maximum absolute atomic E-state index is 11.8. The van der Waals surface area contributed by atoms with Gasteiger partial charge in [-0.3, -0.25) is 4.79 Å². The minimum Gasteiger partial charge on any atom is -0.494 e. The summed E-state index contributed by atoms with van der Waals surface area (Å²) < 4.78 is 5.37. The van der Waals surface area contributed by atoms with E-state index >= 15 is 0 Å². The van der Waals surface area contributed by atoms with Crippen LogP contribution in [-0.4, -0.2) is 32.1 Å². The van der Waals surface area contributed by atoms with Gasteiger partial charge < -0.3 is 15.4 Å². The number of carbonyl (C=O) groups excluding carboxylic acids is 1. The Bertz CT molecular complexity index is 397. The van der Waals surface area contributed by atoms with Gasteiger partial charge in [-0.1, -0.05) is 12.1 Å². The van der Waals surface area contributed by atoms with Gasteiger partial charge in [-0.05, 0) is 50.0 Å². The lowest BCUT2D eigenvalue weighted by atomic mass is 10.1. The maximum Gasteiger partial charge on any atom is 0.224 e. The normalized spacial score (nSPS) is 18.3. The van der Waals surface area contributed by atoms with Gasteiger partial charge >= 0.3 is 0 Å². The first-order valence-electron chi connectivity index (χ1n) is 6.97. The predicted octanol–water partition coefficient (Wildman–Crippen LogP) is 1.35. The van der Waals surface area contributed by atoms with Gasteiger partial charge in [0.1, 0.15) is 5.75 Å². The highest BCUT2D eigenvalue weighted by molar-refractivity contribution is 5.78. The summed E-state index contributed by atoms with van der Waals surface area (Å²) in [4.78, 5) is 11.8. The number of nitrogens with one attached hydrogen (secondary N) is 2. The van der Waals surface area contributed by atoms with Crippen molar-refractivity contribution < 1.29 is 9.53 Å². The molecule has 0 aliphatic carbocycles. The molecule has 0 saturated carbocycles. The highest BCUT2D eigenvalue weighted by Crippen LogP contribution is 2.12. The van der Waals surface area contributed by atoms with Gasteiger partial charge in [0.25, 0.3) is 0 Å². The molecule has 1 aromatic carbocycles. The first-order valence-corrected chi connectivity index (χ1v) is 6.97. The van der Waals surface area contributed by atoms with E-state index in [1.54, 1.807) is 0 Å². The molecule has 1 atom stereocenters. The molecule has 0 bridgehead atoms. The number of hydrogen-bond donors (Lipinski definition) is 2. The van der Waals surface area contributed by atoms with Crippen LogP contribution < -0.4 is 15.4 Å². The zero-order valence-electron chi connectivity index (χ0n) is 11.4. The lowest BCUT2D eigenvalue weighted by Crippen LogP contribution is -2.31. The molecule has 1 unspecified atom stereocenters. The number of hydrogen-bond acceptors (Lipinski definition) is 3. The minimum absolute atomic E-state index is 0.0936. The zero-order valence-corrected chi connectivity index (χ0v) is 11.4. The summed E-state index contributed by atoms with van der Waals surface area (Å²) in [6.07, 6.45) is 1.59. The summed E-state index contributed by atoms with van der Waals surface area (Å²) in [6, 6.07) is 7.71. The second-order valence-corrected chi connectivity index (χ2v) is 4.92. The van der Waals surface area contributed by atoms with Crippen LogP contribution in [0.1, 0.15) is 18.9 Å². The van der Waals surface area contributed by atoms with E-state index in [1.165, 1.54) is 0 Å². The van der Waals surface area contributed by atoms with E-state index in [-0.39, 0.29) is 5.91 Å². The van der Waals surface area contributed by atoms with Gasteiger partial charge in [-0.15, -0.1) is 0 Å². The zero-order chi connectivity index (χ0) is 13.5. The standard InChI is InChI=1S/C15H22N2O2/c1-2-19-14-5-3-12(4-6-14)9-15(18)17-11-13-7-8-16-10-13/h3-6,13,16H,2,7-11H2,1H3,(H,17,18). The van der Waals surface area contributed by atoms with E-state index < -0.39 is 0 Å². The monoisotopic (exact) mass is 262 g/mol. The van der Waals surface area contributed by atoms with Gasteiger partial charge in [-0.2, -0.15) is 0 Å². The summed E-state index contributed by atoms with van der Waals surface area (Å²) in [6.45, 7) is 5.49. The molecule has 104 valence electrons. The van der Waals surface area contributed by atoms with Crippen molar-refractivity contribution in [3.8, 4) is 5.75 Å². The van der Waals surface area contributed by atoms with Crippen LogP contribution in [0.25, 0.3) is 0 Å². The summed E-state index contributed by atoms with van der Waals surface area (Å²) in [5.74, 6) is 1.53. The van der Waals surface area contributed by atoms with Gasteiger partial charge in [0.2, 0.25) is 5.91 Å². The molecule has 1 amide bonds. The second-order valence-electron chi connectivity index (χ2n) is 4.92. The van der Waals surface area contributed by atoms with Crippen molar-refractivity contribution in [1.29, 1.82) is 0 Å². The Morgan fingerprint density at radius 1 is 1.42 bits per heavy atom.